The SMILES string of the molecule is CCN(CC)CCN(C(=O)c1sc2ccccc2c1Cl)c1nc2c(OC)ccc(C)c2s1. The first kappa shape index (κ1) is 23.0. The van der Waals surface area contributed by atoms with E-state index in [1.807, 2.05) is 36.4 Å². The lowest BCUT2D eigenvalue weighted by Gasteiger charge is -2.24. The molecule has 0 fully saturated rings. The molecule has 168 valence electrons. The molecule has 2 heterocycles. The zero-order valence-corrected chi connectivity index (χ0v) is 21.0. The lowest BCUT2D eigenvalue weighted by atomic mass is 10.2. The Hall–Kier alpha value is -2.19. The van der Waals surface area contributed by atoms with Crippen molar-refractivity contribution in [2.75, 3.05) is 38.2 Å². The number of thiazole rings is 1. The Bertz CT molecular complexity index is 1260. The summed E-state index contributed by atoms with van der Waals surface area (Å²) in [5.41, 5.74) is 1.90. The van der Waals surface area contributed by atoms with Crippen LogP contribution < -0.4 is 9.64 Å². The standard InChI is InChI=1S/C24H26ClN3O2S2/c1-5-27(6-2)13-14-28(23(29)22-19(25)16-9-7-8-10-18(16)31-22)24-26-20-17(30-4)12-11-15(3)21(20)32-24/h7-12H,5-6,13-14H2,1-4H3. The zero-order valence-electron chi connectivity index (χ0n) is 18.6. The smallest absolute Gasteiger partial charge is 0.271 e. The Kier molecular flexibility index (Phi) is 7.00. The normalized spacial score (nSPS) is 11.6. The van der Waals surface area contributed by atoms with Crippen LogP contribution in [-0.2, 0) is 0 Å². The monoisotopic (exact) mass is 487 g/mol. The average Bonchev–Trinajstić information content (AvgIpc) is 3.40. The number of carbonyl (C=O) groups is 1. The van der Waals surface area contributed by atoms with Gasteiger partial charge in [-0.05, 0) is 37.7 Å². The highest BCUT2D eigenvalue weighted by Crippen LogP contribution is 2.39. The highest BCUT2D eigenvalue weighted by atomic mass is 35.5. The maximum atomic E-state index is 13.8. The van der Waals surface area contributed by atoms with E-state index >= 15 is 0 Å². The van der Waals surface area contributed by atoms with Crippen molar-refractivity contribution < 1.29 is 9.53 Å². The number of amides is 1. The zero-order chi connectivity index (χ0) is 22.8. The third-order valence-electron chi connectivity index (χ3n) is 5.65. The minimum Gasteiger partial charge on any atom is -0.494 e. The number of halogens is 1. The Labute approximate surface area is 201 Å². The second kappa shape index (κ2) is 9.75. The summed E-state index contributed by atoms with van der Waals surface area (Å²) in [6.07, 6.45) is 0. The molecule has 2 aromatic carbocycles. The first-order valence-electron chi connectivity index (χ1n) is 10.6. The van der Waals surface area contributed by atoms with Gasteiger partial charge in [0.25, 0.3) is 5.91 Å². The Morgan fingerprint density at radius 1 is 1.09 bits per heavy atom. The molecular formula is C24H26ClN3O2S2. The maximum absolute atomic E-state index is 13.8. The van der Waals surface area contributed by atoms with E-state index in [1.54, 1.807) is 12.0 Å². The number of rotatable bonds is 8. The lowest BCUT2D eigenvalue weighted by molar-refractivity contribution is 0.0988. The summed E-state index contributed by atoms with van der Waals surface area (Å²) in [6, 6.07) is 11.8. The Morgan fingerprint density at radius 2 is 1.84 bits per heavy atom. The van der Waals surface area contributed by atoms with Gasteiger partial charge in [0.1, 0.15) is 16.1 Å². The van der Waals surface area contributed by atoms with Crippen LogP contribution in [0.2, 0.25) is 5.02 Å². The van der Waals surface area contributed by atoms with Crippen LogP contribution in [0.15, 0.2) is 36.4 Å². The van der Waals surface area contributed by atoms with E-state index in [9.17, 15) is 4.79 Å². The van der Waals surface area contributed by atoms with Crippen LogP contribution in [0.4, 0.5) is 5.13 Å². The molecule has 0 aliphatic rings. The molecule has 4 aromatic rings. The van der Waals surface area contributed by atoms with Gasteiger partial charge in [-0.1, -0.05) is 61.1 Å². The predicted octanol–water partition coefficient (Wildman–Crippen LogP) is 6.47. The topological polar surface area (TPSA) is 45.7 Å². The molecule has 0 N–H and O–H groups in total. The molecule has 0 aliphatic carbocycles. The van der Waals surface area contributed by atoms with Crippen LogP contribution in [0.3, 0.4) is 0 Å². The molecule has 1 amide bonds. The molecule has 0 spiro atoms. The van der Waals surface area contributed by atoms with Crippen molar-refractivity contribution in [3.05, 3.63) is 51.9 Å². The minimum atomic E-state index is -0.112. The molecule has 0 atom stereocenters. The van der Waals surface area contributed by atoms with E-state index in [-0.39, 0.29) is 5.91 Å². The van der Waals surface area contributed by atoms with Gasteiger partial charge in [0.15, 0.2) is 5.13 Å². The molecule has 0 bridgehead atoms. The molecule has 32 heavy (non-hydrogen) atoms. The van der Waals surface area contributed by atoms with Gasteiger partial charge in [-0.15, -0.1) is 11.3 Å². The van der Waals surface area contributed by atoms with Crippen molar-refractivity contribution >= 4 is 65.6 Å². The number of thiophene rings is 1. The van der Waals surface area contributed by atoms with Crippen molar-refractivity contribution in [1.82, 2.24) is 9.88 Å². The first-order valence-corrected chi connectivity index (χ1v) is 12.6. The Balaban J connectivity index is 1.79. The summed E-state index contributed by atoms with van der Waals surface area (Å²) in [5.74, 6) is 0.600. The number of benzene rings is 2. The minimum absolute atomic E-state index is 0.112. The van der Waals surface area contributed by atoms with Gasteiger partial charge in [-0.2, -0.15) is 0 Å². The molecule has 0 saturated carbocycles. The van der Waals surface area contributed by atoms with E-state index in [0.29, 0.717) is 27.3 Å². The number of methoxy groups -OCH3 is 1. The quantitative estimate of drug-likeness (QED) is 0.285. The van der Waals surface area contributed by atoms with Gasteiger partial charge in [-0.25, -0.2) is 4.98 Å². The van der Waals surface area contributed by atoms with E-state index in [0.717, 1.165) is 45.5 Å². The van der Waals surface area contributed by atoms with Crippen LogP contribution >= 0.6 is 34.3 Å². The van der Waals surface area contributed by atoms with Crippen LogP contribution in [0, 0.1) is 6.92 Å². The highest BCUT2D eigenvalue weighted by molar-refractivity contribution is 7.23. The fourth-order valence-electron chi connectivity index (χ4n) is 3.72. The second-order valence-corrected chi connectivity index (χ2v) is 9.89. The summed E-state index contributed by atoms with van der Waals surface area (Å²) >= 11 is 9.62. The molecule has 2 aromatic heterocycles. The predicted molar refractivity (Wildman–Crippen MR) is 137 cm³/mol. The lowest BCUT2D eigenvalue weighted by Crippen LogP contribution is -2.38. The number of aromatic nitrogens is 1. The van der Waals surface area contributed by atoms with Crippen LogP contribution in [0.25, 0.3) is 20.3 Å². The van der Waals surface area contributed by atoms with Crippen molar-refractivity contribution in [2.45, 2.75) is 20.8 Å². The van der Waals surface area contributed by atoms with Crippen molar-refractivity contribution in [1.29, 1.82) is 0 Å². The summed E-state index contributed by atoms with van der Waals surface area (Å²) in [5, 5.41) is 2.09. The number of anilines is 1. The maximum Gasteiger partial charge on any atom is 0.271 e. The van der Waals surface area contributed by atoms with E-state index in [2.05, 4.69) is 25.7 Å². The number of aryl methyl sites for hydroxylation is 1. The summed E-state index contributed by atoms with van der Waals surface area (Å²) in [6.45, 7) is 9.45. The largest absolute Gasteiger partial charge is 0.494 e. The number of nitrogens with zero attached hydrogens (tertiary/aromatic N) is 3. The molecule has 4 rings (SSSR count). The summed E-state index contributed by atoms with van der Waals surface area (Å²) in [7, 11) is 1.64. The number of ether oxygens (including phenoxy) is 1. The van der Waals surface area contributed by atoms with Crippen LogP contribution in [-0.4, -0.2) is 49.1 Å². The van der Waals surface area contributed by atoms with Gasteiger partial charge < -0.3 is 9.64 Å². The third kappa shape index (κ3) is 4.22. The number of fused-ring (bicyclic) bond motifs is 2. The molecule has 0 aliphatic heterocycles. The van der Waals surface area contributed by atoms with E-state index < -0.39 is 0 Å². The number of hydrogen-bond donors (Lipinski definition) is 0. The number of hydrogen-bond acceptors (Lipinski definition) is 6. The summed E-state index contributed by atoms with van der Waals surface area (Å²) in [4.78, 5) is 23.3. The average molecular weight is 488 g/mol. The third-order valence-corrected chi connectivity index (χ3v) is 8.53. The summed E-state index contributed by atoms with van der Waals surface area (Å²) < 4.78 is 7.56. The second-order valence-electron chi connectivity index (χ2n) is 7.48. The number of likely N-dealkylation sites (N-methyl/N-ethyl adjacent to an activating group) is 1. The van der Waals surface area contributed by atoms with Crippen molar-refractivity contribution in [3.8, 4) is 5.75 Å². The van der Waals surface area contributed by atoms with Gasteiger partial charge >= 0.3 is 0 Å². The fourth-order valence-corrected chi connectivity index (χ4v) is 6.25. The van der Waals surface area contributed by atoms with Crippen LogP contribution in [0.1, 0.15) is 29.1 Å². The molecular weight excluding hydrogens is 462 g/mol. The van der Waals surface area contributed by atoms with Gasteiger partial charge in [-0.3, -0.25) is 9.69 Å². The number of carbonyl (C=O) groups excluding carboxylic acids is 1. The van der Waals surface area contributed by atoms with Crippen molar-refractivity contribution in [2.24, 2.45) is 0 Å². The molecule has 0 radical (unpaired) electrons. The van der Waals surface area contributed by atoms with Crippen LogP contribution in [0.5, 0.6) is 5.75 Å². The van der Waals surface area contributed by atoms with Gasteiger partial charge in [0, 0.05) is 23.2 Å². The highest BCUT2D eigenvalue weighted by Gasteiger charge is 2.27. The van der Waals surface area contributed by atoms with Crippen molar-refractivity contribution in [3.63, 3.8) is 0 Å². The Morgan fingerprint density at radius 3 is 2.53 bits per heavy atom. The molecule has 0 saturated heterocycles. The fraction of sp³-hybridized carbons (Fsp3) is 0.333. The molecule has 5 nitrogen and oxygen atoms in total. The van der Waals surface area contributed by atoms with E-state index in [4.69, 9.17) is 21.3 Å². The van der Waals surface area contributed by atoms with Gasteiger partial charge in [0.05, 0.1) is 16.8 Å². The molecule has 8 heteroatoms. The molecule has 0 unspecified atom stereocenters. The van der Waals surface area contributed by atoms with Gasteiger partial charge in [0.2, 0.25) is 0 Å². The van der Waals surface area contributed by atoms with E-state index in [1.165, 1.54) is 22.7 Å². The first-order chi connectivity index (χ1) is 15.5.